The lowest BCUT2D eigenvalue weighted by Crippen LogP contribution is -2.27. The van der Waals surface area contributed by atoms with Gasteiger partial charge in [-0.15, -0.1) is 6.42 Å². The van der Waals surface area contributed by atoms with Crippen LogP contribution in [0.1, 0.15) is 5.56 Å². The molecule has 136 valence electrons. The van der Waals surface area contributed by atoms with Gasteiger partial charge in [0.05, 0.1) is 20.6 Å². The predicted molar refractivity (Wildman–Crippen MR) is 111 cm³/mol. The molecule has 1 saturated heterocycles. The second kappa shape index (κ2) is 8.28. The number of terminal acetylenes is 1. The second-order valence-corrected chi connectivity index (χ2v) is 7.54. The Bertz CT molecular complexity index is 973. The Morgan fingerprint density at radius 3 is 2.33 bits per heavy atom. The van der Waals surface area contributed by atoms with E-state index in [9.17, 15) is 9.59 Å². The highest BCUT2D eigenvalue weighted by atomic mass is 35.5. The SMILES string of the molecule is C#CCOc1c(Cl)cc(C=C2SC(=O)N(c3ccc(Cl)cc3)C2=O)cc1Cl. The molecule has 0 N–H and O–H groups in total. The van der Waals surface area contributed by atoms with Gasteiger partial charge in [-0.1, -0.05) is 40.7 Å². The number of carbonyl (C=O) groups excluding carboxylic acids is 2. The van der Waals surface area contributed by atoms with E-state index >= 15 is 0 Å². The van der Waals surface area contributed by atoms with Crippen molar-refractivity contribution < 1.29 is 14.3 Å². The van der Waals surface area contributed by atoms with Crippen molar-refractivity contribution in [3.63, 3.8) is 0 Å². The Morgan fingerprint density at radius 1 is 1.11 bits per heavy atom. The summed E-state index contributed by atoms with van der Waals surface area (Å²) in [5, 5.41) is 0.610. The number of hydrogen-bond donors (Lipinski definition) is 0. The van der Waals surface area contributed by atoms with Crippen molar-refractivity contribution in [3.8, 4) is 18.1 Å². The van der Waals surface area contributed by atoms with Crippen molar-refractivity contribution in [3.05, 3.63) is 61.9 Å². The minimum atomic E-state index is -0.438. The molecule has 2 amide bonds. The summed E-state index contributed by atoms with van der Waals surface area (Å²) in [4.78, 5) is 26.3. The number of amides is 2. The molecule has 0 unspecified atom stereocenters. The molecule has 0 saturated carbocycles. The first-order chi connectivity index (χ1) is 12.9. The van der Waals surface area contributed by atoms with Gasteiger partial charge >= 0.3 is 0 Å². The van der Waals surface area contributed by atoms with E-state index in [2.05, 4.69) is 5.92 Å². The molecule has 0 aliphatic carbocycles. The number of benzene rings is 2. The maximum absolute atomic E-state index is 12.7. The molecule has 2 aromatic rings. The van der Waals surface area contributed by atoms with Crippen molar-refractivity contribution in [1.82, 2.24) is 0 Å². The van der Waals surface area contributed by atoms with Crippen LogP contribution in [0.4, 0.5) is 10.5 Å². The van der Waals surface area contributed by atoms with Crippen LogP contribution in [0.25, 0.3) is 6.08 Å². The third kappa shape index (κ3) is 4.26. The average molecular weight is 439 g/mol. The van der Waals surface area contributed by atoms with Crippen LogP contribution in [-0.4, -0.2) is 17.8 Å². The van der Waals surface area contributed by atoms with E-state index in [-0.39, 0.29) is 27.3 Å². The number of halogens is 3. The molecule has 0 atom stereocenters. The van der Waals surface area contributed by atoms with Crippen molar-refractivity contribution in [2.45, 2.75) is 0 Å². The van der Waals surface area contributed by atoms with Gasteiger partial charge in [0.15, 0.2) is 5.75 Å². The van der Waals surface area contributed by atoms with Crippen molar-refractivity contribution >= 4 is 69.5 Å². The summed E-state index contributed by atoms with van der Waals surface area (Å²) in [6.45, 7) is 0.0266. The molecule has 3 rings (SSSR count). The minimum absolute atomic E-state index is 0.0266. The number of hydrogen-bond acceptors (Lipinski definition) is 4. The Morgan fingerprint density at radius 2 is 1.74 bits per heavy atom. The largest absolute Gasteiger partial charge is 0.478 e. The summed E-state index contributed by atoms with van der Waals surface area (Å²) >= 11 is 19.0. The van der Waals surface area contributed by atoms with Crippen molar-refractivity contribution in [1.29, 1.82) is 0 Å². The highest BCUT2D eigenvalue weighted by Crippen LogP contribution is 2.38. The molecule has 4 nitrogen and oxygen atoms in total. The van der Waals surface area contributed by atoms with E-state index in [1.165, 1.54) is 0 Å². The first-order valence-corrected chi connectivity index (χ1v) is 9.44. The van der Waals surface area contributed by atoms with Crippen LogP contribution in [0.3, 0.4) is 0 Å². The van der Waals surface area contributed by atoms with Crippen LogP contribution in [0.2, 0.25) is 15.1 Å². The second-order valence-electron chi connectivity index (χ2n) is 5.30. The summed E-state index contributed by atoms with van der Waals surface area (Å²) in [5.41, 5.74) is 0.999. The molecule has 1 aliphatic heterocycles. The Labute approximate surface area is 175 Å². The maximum Gasteiger partial charge on any atom is 0.298 e. The first-order valence-electron chi connectivity index (χ1n) is 7.49. The van der Waals surface area contributed by atoms with Gasteiger partial charge in [0.1, 0.15) is 6.61 Å². The number of nitrogens with zero attached hydrogens (tertiary/aromatic N) is 1. The summed E-state index contributed by atoms with van der Waals surface area (Å²) in [7, 11) is 0. The zero-order chi connectivity index (χ0) is 19.6. The Balaban J connectivity index is 1.90. The van der Waals surface area contributed by atoms with Crippen LogP contribution in [0, 0.1) is 12.3 Å². The molecule has 1 heterocycles. The quantitative estimate of drug-likeness (QED) is 0.440. The fourth-order valence-corrected chi connectivity index (χ4v) is 3.93. The number of carbonyl (C=O) groups is 2. The van der Waals surface area contributed by atoms with Gasteiger partial charge in [0.2, 0.25) is 0 Å². The lowest BCUT2D eigenvalue weighted by molar-refractivity contribution is -0.113. The monoisotopic (exact) mass is 437 g/mol. The van der Waals surface area contributed by atoms with Gasteiger partial charge in [-0.3, -0.25) is 9.59 Å². The van der Waals surface area contributed by atoms with E-state index in [4.69, 9.17) is 46.0 Å². The van der Waals surface area contributed by atoms with Crippen LogP contribution >= 0.6 is 46.6 Å². The molecule has 1 aliphatic rings. The highest BCUT2D eigenvalue weighted by molar-refractivity contribution is 8.19. The molecule has 0 aromatic heterocycles. The average Bonchev–Trinajstić information content (AvgIpc) is 2.89. The number of ether oxygens (including phenoxy) is 1. The van der Waals surface area contributed by atoms with Crippen LogP contribution < -0.4 is 9.64 Å². The van der Waals surface area contributed by atoms with Crippen molar-refractivity contribution in [2.75, 3.05) is 11.5 Å². The first kappa shape index (κ1) is 19.7. The van der Waals surface area contributed by atoms with Gasteiger partial charge in [-0.05, 0) is 59.8 Å². The van der Waals surface area contributed by atoms with Crippen LogP contribution in [-0.2, 0) is 4.79 Å². The van der Waals surface area contributed by atoms with Crippen molar-refractivity contribution in [2.24, 2.45) is 0 Å². The molecule has 0 bridgehead atoms. The number of imide groups is 1. The molecule has 0 radical (unpaired) electrons. The van der Waals surface area contributed by atoms with Gasteiger partial charge < -0.3 is 4.74 Å². The third-order valence-corrected chi connectivity index (χ3v) is 5.18. The summed E-state index contributed by atoms with van der Waals surface area (Å²) in [6, 6.07) is 9.58. The van der Waals surface area contributed by atoms with E-state index in [1.54, 1.807) is 42.5 Å². The van der Waals surface area contributed by atoms with Crippen LogP contribution in [0.15, 0.2) is 41.3 Å². The lowest BCUT2D eigenvalue weighted by atomic mass is 10.2. The third-order valence-electron chi connectivity index (χ3n) is 3.50. The maximum atomic E-state index is 12.7. The Kier molecular flexibility index (Phi) is 6.03. The molecule has 2 aromatic carbocycles. The number of thioether (sulfide) groups is 1. The predicted octanol–water partition coefficient (Wildman–Crippen LogP) is 5.90. The standard InChI is InChI=1S/C19H10Cl3NO3S/c1-2-7-26-17-14(21)8-11(9-15(17)22)10-16-18(24)23(19(25)27-16)13-5-3-12(20)4-6-13/h1,3-6,8-10H,7H2. The molecule has 1 fully saturated rings. The van der Waals surface area contributed by atoms with E-state index in [0.717, 1.165) is 16.7 Å². The minimum Gasteiger partial charge on any atom is -0.478 e. The fraction of sp³-hybridized carbons (Fsp3) is 0.0526. The lowest BCUT2D eigenvalue weighted by Gasteiger charge is -2.12. The Hall–Kier alpha value is -2.10. The molecular formula is C19H10Cl3NO3S. The normalized spacial score (nSPS) is 15.3. The van der Waals surface area contributed by atoms with Gasteiger partial charge in [0, 0.05) is 5.02 Å². The molecule has 27 heavy (non-hydrogen) atoms. The van der Waals surface area contributed by atoms with E-state index in [0.29, 0.717) is 16.3 Å². The smallest absolute Gasteiger partial charge is 0.298 e. The fourth-order valence-electron chi connectivity index (χ4n) is 2.35. The van der Waals surface area contributed by atoms with Crippen LogP contribution in [0.5, 0.6) is 5.75 Å². The number of rotatable bonds is 4. The number of anilines is 1. The van der Waals surface area contributed by atoms with E-state index < -0.39 is 11.1 Å². The topological polar surface area (TPSA) is 46.6 Å². The zero-order valence-electron chi connectivity index (χ0n) is 13.5. The molecule has 8 heteroatoms. The van der Waals surface area contributed by atoms with Gasteiger partial charge in [-0.25, -0.2) is 4.90 Å². The highest BCUT2D eigenvalue weighted by Gasteiger charge is 2.36. The van der Waals surface area contributed by atoms with Gasteiger partial charge in [0.25, 0.3) is 11.1 Å². The van der Waals surface area contributed by atoms with Gasteiger partial charge in [-0.2, -0.15) is 0 Å². The van der Waals surface area contributed by atoms with E-state index in [1.807, 2.05) is 0 Å². The summed E-state index contributed by atoms with van der Waals surface area (Å²) in [5.74, 6) is 2.16. The summed E-state index contributed by atoms with van der Waals surface area (Å²) in [6.07, 6.45) is 6.70. The zero-order valence-corrected chi connectivity index (χ0v) is 16.6. The molecule has 0 spiro atoms. The summed E-state index contributed by atoms with van der Waals surface area (Å²) < 4.78 is 5.30. The molecular weight excluding hydrogens is 429 g/mol.